The number of halogens is 1. The fraction of sp³-hybridized carbons (Fsp3) is 0. The highest BCUT2D eigenvalue weighted by atomic mass is 79.9. The predicted octanol–water partition coefficient (Wildman–Crippen LogP) is 4.62. The van der Waals surface area contributed by atoms with Crippen LogP contribution in [0.5, 0.6) is 0 Å². The first-order chi connectivity index (χ1) is 10.8. The lowest BCUT2D eigenvalue weighted by Crippen LogP contribution is -2.17. The third-order valence-corrected chi connectivity index (χ3v) is 4.15. The molecule has 0 radical (unpaired) electrons. The zero-order valence-electron chi connectivity index (χ0n) is 11.6. The maximum Gasteiger partial charge on any atom is 0.154 e. The molecule has 3 nitrogen and oxygen atoms in total. The lowest BCUT2D eigenvalue weighted by molar-refractivity contribution is 1.04. The van der Waals surface area contributed by atoms with Crippen LogP contribution in [-0.2, 0) is 0 Å². The van der Waals surface area contributed by atoms with Gasteiger partial charge in [0.2, 0.25) is 0 Å². The average Bonchev–Trinajstić information content (AvgIpc) is 2.90. The van der Waals surface area contributed by atoms with Crippen LogP contribution in [0.25, 0.3) is 10.8 Å². The number of rotatable bonds is 2. The fourth-order valence-electron chi connectivity index (χ4n) is 2.59. The molecule has 0 aromatic heterocycles. The molecule has 0 saturated carbocycles. The number of aliphatic imine (C=N–C) groups is 1. The van der Waals surface area contributed by atoms with Crippen LogP contribution < -0.4 is 5.43 Å². The molecular formula is C18H12BrN3. The van der Waals surface area contributed by atoms with E-state index in [9.17, 15) is 0 Å². The van der Waals surface area contributed by atoms with Crippen molar-refractivity contribution in [3.8, 4) is 0 Å². The van der Waals surface area contributed by atoms with Gasteiger partial charge in [0, 0.05) is 15.4 Å². The van der Waals surface area contributed by atoms with Crippen LogP contribution in [0.3, 0.4) is 0 Å². The van der Waals surface area contributed by atoms with Gasteiger partial charge in [-0.15, -0.1) is 0 Å². The Balaban J connectivity index is 1.61. The van der Waals surface area contributed by atoms with E-state index < -0.39 is 0 Å². The number of nitrogens with zero attached hydrogens (tertiary/aromatic N) is 2. The van der Waals surface area contributed by atoms with Crippen molar-refractivity contribution in [1.29, 1.82) is 0 Å². The van der Waals surface area contributed by atoms with Gasteiger partial charge in [-0.05, 0) is 29.1 Å². The molecular weight excluding hydrogens is 338 g/mol. The molecule has 0 amide bonds. The van der Waals surface area contributed by atoms with Crippen molar-refractivity contribution in [3.63, 3.8) is 0 Å². The molecule has 0 bridgehead atoms. The van der Waals surface area contributed by atoms with Gasteiger partial charge < -0.3 is 0 Å². The zero-order chi connectivity index (χ0) is 14.9. The van der Waals surface area contributed by atoms with Crippen molar-refractivity contribution in [3.05, 3.63) is 76.3 Å². The summed E-state index contributed by atoms with van der Waals surface area (Å²) in [4.78, 5) is 4.63. The highest BCUT2D eigenvalue weighted by molar-refractivity contribution is 9.10. The van der Waals surface area contributed by atoms with Gasteiger partial charge >= 0.3 is 0 Å². The number of benzene rings is 3. The second-order valence-corrected chi connectivity index (χ2v) is 5.98. The molecule has 1 heterocycles. The van der Waals surface area contributed by atoms with Crippen molar-refractivity contribution in [2.45, 2.75) is 0 Å². The van der Waals surface area contributed by atoms with Gasteiger partial charge in [-0.3, -0.25) is 5.43 Å². The molecule has 0 spiro atoms. The van der Waals surface area contributed by atoms with Crippen molar-refractivity contribution in [2.24, 2.45) is 10.1 Å². The summed E-state index contributed by atoms with van der Waals surface area (Å²) in [5.74, 6) is 0.792. The largest absolute Gasteiger partial charge is 0.261 e. The Kier molecular flexibility index (Phi) is 3.24. The summed E-state index contributed by atoms with van der Waals surface area (Å²) in [6.45, 7) is 0. The molecule has 0 saturated heterocycles. The molecule has 3 aromatic carbocycles. The topological polar surface area (TPSA) is 36.8 Å². The quantitative estimate of drug-likeness (QED) is 0.532. The summed E-state index contributed by atoms with van der Waals surface area (Å²) in [6.07, 6.45) is 1.79. The molecule has 1 N–H and O–H groups in total. The maximum atomic E-state index is 4.63. The van der Waals surface area contributed by atoms with E-state index in [0.29, 0.717) is 0 Å². The molecule has 0 atom stereocenters. The molecule has 0 unspecified atom stereocenters. The highest BCUT2D eigenvalue weighted by Crippen LogP contribution is 2.34. The van der Waals surface area contributed by atoms with Gasteiger partial charge in [-0.1, -0.05) is 58.4 Å². The minimum Gasteiger partial charge on any atom is -0.261 e. The van der Waals surface area contributed by atoms with Crippen LogP contribution in [0, 0.1) is 0 Å². The van der Waals surface area contributed by atoms with E-state index in [1.54, 1.807) is 6.21 Å². The van der Waals surface area contributed by atoms with Crippen molar-refractivity contribution in [2.75, 3.05) is 0 Å². The zero-order valence-corrected chi connectivity index (χ0v) is 13.2. The lowest BCUT2D eigenvalue weighted by Gasteiger charge is -2.02. The van der Waals surface area contributed by atoms with Crippen LogP contribution in [0.4, 0.5) is 5.69 Å². The Morgan fingerprint density at radius 1 is 0.955 bits per heavy atom. The Bertz CT molecular complexity index is 906. The standard InChI is InChI=1S/C18H12BrN3/c19-14-9-7-12(8-10-14)11-20-22-18-15-5-1-3-13-4-2-6-16(21-18)17(13)15/h1-11H,(H,21,22). The molecule has 3 aromatic rings. The second-order valence-electron chi connectivity index (χ2n) is 5.06. The third-order valence-electron chi connectivity index (χ3n) is 3.62. The molecule has 4 rings (SSSR count). The number of hydrazone groups is 1. The monoisotopic (exact) mass is 349 g/mol. The lowest BCUT2D eigenvalue weighted by atomic mass is 10.0. The minimum absolute atomic E-state index is 0.792. The molecule has 0 aliphatic carbocycles. The molecule has 22 heavy (non-hydrogen) atoms. The SMILES string of the molecule is Brc1ccc(C=NNC2=Nc3cccc4cccc2c34)cc1. The molecule has 4 heteroatoms. The maximum absolute atomic E-state index is 4.63. The van der Waals surface area contributed by atoms with Gasteiger partial charge in [0.25, 0.3) is 0 Å². The van der Waals surface area contributed by atoms with E-state index in [-0.39, 0.29) is 0 Å². The van der Waals surface area contributed by atoms with E-state index in [2.05, 4.69) is 49.6 Å². The van der Waals surface area contributed by atoms with E-state index >= 15 is 0 Å². The molecule has 1 aliphatic heterocycles. The molecule has 1 aliphatic rings. The van der Waals surface area contributed by atoms with Crippen LogP contribution in [-0.4, -0.2) is 12.1 Å². The van der Waals surface area contributed by atoms with E-state index in [1.165, 1.54) is 10.8 Å². The fourth-order valence-corrected chi connectivity index (χ4v) is 2.86. The van der Waals surface area contributed by atoms with Crippen LogP contribution in [0.1, 0.15) is 11.1 Å². The first-order valence-corrected chi connectivity index (χ1v) is 7.76. The van der Waals surface area contributed by atoms with E-state index in [0.717, 1.165) is 27.1 Å². The number of hydrogen-bond acceptors (Lipinski definition) is 3. The summed E-state index contributed by atoms with van der Waals surface area (Å²) in [6, 6.07) is 20.4. The van der Waals surface area contributed by atoms with Crippen molar-refractivity contribution >= 4 is 44.4 Å². The first kappa shape index (κ1) is 13.2. The third kappa shape index (κ3) is 2.31. The first-order valence-electron chi connectivity index (χ1n) is 6.97. The summed E-state index contributed by atoms with van der Waals surface area (Å²) >= 11 is 3.42. The number of nitrogens with one attached hydrogen (secondary N) is 1. The Hall–Kier alpha value is -2.46. The van der Waals surface area contributed by atoms with Crippen LogP contribution in [0.2, 0.25) is 0 Å². The average molecular weight is 350 g/mol. The normalized spacial score (nSPS) is 12.9. The Morgan fingerprint density at radius 2 is 1.73 bits per heavy atom. The number of amidine groups is 1. The number of hydrogen-bond donors (Lipinski definition) is 1. The summed E-state index contributed by atoms with van der Waals surface area (Å²) in [5.41, 5.74) is 6.18. The van der Waals surface area contributed by atoms with Crippen LogP contribution in [0.15, 0.2) is 75.2 Å². The summed E-state index contributed by atoms with van der Waals surface area (Å²) in [7, 11) is 0. The Labute approximate surface area is 136 Å². The minimum atomic E-state index is 0.792. The van der Waals surface area contributed by atoms with Gasteiger partial charge in [-0.2, -0.15) is 5.10 Å². The van der Waals surface area contributed by atoms with Gasteiger partial charge in [0.05, 0.1) is 11.9 Å². The van der Waals surface area contributed by atoms with Crippen molar-refractivity contribution in [1.82, 2.24) is 5.43 Å². The highest BCUT2D eigenvalue weighted by Gasteiger charge is 2.17. The summed E-state index contributed by atoms with van der Waals surface area (Å²) < 4.78 is 1.06. The Morgan fingerprint density at radius 3 is 2.55 bits per heavy atom. The molecule has 106 valence electrons. The summed E-state index contributed by atoms with van der Waals surface area (Å²) in [5, 5.41) is 6.69. The van der Waals surface area contributed by atoms with Gasteiger partial charge in [0.1, 0.15) is 0 Å². The van der Waals surface area contributed by atoms with Gasteiger partial charge in [-0.25, -0.2) is 4.99 Å². The smallest absolute Gasteiger partial charge is 0.154 e. The van der Waals surface area contributed by atoms with Crippen LogP contribution >= 0.6 is 15.9 Å². The molecule has 0 fully saturated rings. The second kappa shape index (κ2) is 5.39. The predicted molar refractivity (Wildman–Crippen MR) is 95.0 cm³/mol. The van der Waals surface area contributed by atoms with Crippen molar-refractivity contribution < 1.29 is 0 Å². The van der Waals surface area contributed by atoms with E-state index in [4.69, 9.17) is 0 Å². The van der Waals surface area contributed by atoms with E-state index in [1.807, 2.05) is 42.5 Å². The van der Waals surface area contributed by atoms with Gasteiger partial charge in [0.15, 0.2) is 5.84 Å².